The van der Waals surface area contributed by atoms with Crippen LogP contribution >= 0.6 is 0 Å². The molecule has 2 aromatic heterocycles. The van der Waals surface area contributed by atoms with Gasteiger partial charge in [-0.05, 0) is 25.8 Å². The molecule has 3 heterocycles. The van der Waals surface area contributed by atoms with E-state index in [4.69, 9.17) is 11.5 Å². The van der Waals surface area contributed by atoms with Gasteiger partial charge in [0.15, 0.2) is 11.6 Å². The highest BCUT2D eigenvalue weighted by Gasteiger charge is 2.21. The van der Waals surface area contributed by atoms with Crippen LogP contribution in [0.25, 0.3) is 0 Å². The largest absolute Gasteiger partial charge is 0.382 e. The smallest absolute Gasteiger partial charge is 0.189 e. The SMILES string of the molecule is Cc1cnc(N)c(C(=O)Cc2cnccc2N2CCCC(N)C2)n1. The lowest BCUT2D eigenvalue weighted by molar-refractivity contribution is 0.0988. The van der Waals surface area contributed by atoms with E-state index in [0.717, 1.165) is 37.2 Å². The fraction of sp³-hybridized carbons (Fsp3) is 0.412. The number of rotatable bonds is 4. The van der Waals surface area contributed by atoms with E-state index < -0.39 is 0 Å². The summed E-state index contributed by atoms with van der Waals surface area (Å²) in [5.41, 5.74) is 14.6. The quantitative estimate of drug-likeness (QED) is 0.810. The third-order valence-corrected chi connectivity index (χ3v) is 4.21. The van der Waals surface area contributed by atoms with E-state index in [1.165, 1.54) is 0 Å². The number of Topliss-reactive ketones (excluding diaryl/α,β-unsaturated/α-hetero) is 1. The van der Waals surface area contributed by atoms with Gasteiger partial charge in [-0.1, -0.05) is 0 Å². The Bertz CT molecular complexity index is 748. The number of aromatic nitrogens is 3. The van der Waals surface area contributed by atoms with Crippen LogP contribution in [0.4, 0.5) is 11.5 Å². The zero-order valence-electron chi connectivity index (χ0n) is 13.8. The summed E-state index contributed by atoms with van der Waals surface area (Å²) in [7, 11) is 0. The number of aryl methyl sites for hydroxylation is 1. The minimum absolute atomic E-state index is 0.153. The number of piperidine rings is 1. The number of carbonyl (C=O) groups is 1. The normalized spacial score (nSPS) is 17.8. The van der Waals surface area contributed by atoms with Gasteiger partial charge in [-0.3, -0.25) is 9.78 Å². The first-order valence-corrected chi connectivity index (χ1v) is 8.10. The third kappa shape index (κ3) is 3.51. The van der Waals surface area contributed by atoms with Crippen molar-refractivity contribution >= 4 is 17.3 Å². The molecule has 1 aliphatic heterocycles. The number of nitrogen functional groups attached to an aromatic ring is 1. The first kappa shape index (κ1) is 16.3. The molecule has 1 atom stereocenters. The second kappa shape index (κ2) is 6.92. The Labute approximate surface area is 141 Å². The van der Waals surface area contributed by atoms with Crippen molar-refractivity contribution in [1.29, 1.82) is 0 Å². The van der Waals surface area contributed by atoms with E-state index in [2.05, 4.69) is 19.9 Å². The number of nitrogens with zero attached hydrogens (tertiary/aromatic N) is 4. The first-order chi connectivity index (χ1) is 11.5. The summed E-state index contributed by atoms with van der Waals surface area (Å²) in [5.74, 6) is 0.00953. The lowest BCUT2D eigenvalue weighted by Gasteiger charge is -2.33. The fourth-order valence-electron chi connectivity index (χ4n) is 3.04. The molecule has 2 aromatic rings. The van der Waals surface area contributed by atoms with Gasteiger partial charge in [0.1, 0.15) is 5.69 Å². The Morgan fingerprint density at radius 1 is 1.42 bits per heavy atom. The summed E-state index contributed by atoms with van der Waals surface area (Å²) in [6.45, 7) is 3.51. The Morgan fingerprint density at radius 2 is 2.25 bits per heavy atom. The van der Waals surface area contributed by atoms with E-state index in [9.17, 15) is 4.79 Å². The molecular formula is C17H22N6O. The molecule has 7 nitrogen and oxygen atoms in total. The molecule has 0 bridgehead atoms. The van der Waals surface area contributed by atoms with Crippen LogP contribution in [0.5, 0.6) is 0 Å². The average molecular weight is 326 g/mol. The Kier molecular flexibility index (Phi) is 4.71. The highest BCUT2D eigenvalue weighted by molar-refractivity contribution is 5.99. The number of hydrogen-bond acceptors (Lipinski definition) is 7. The number of ketones is 1. The molecule has 0 aromatic carbocycles. The number of carbonyl (C=O) groups excluding carboxylic acids is 1. The second-order valence-electron chi connectivity index (χ2n) is 6.20. The maximum atomic E-state index is 12.6. The van der Waals surface area contributed by atoms with E-state index >= 15 is 0 Å². The van der Waals surface area contributed by atoms with Crippen LogP contribution in [-0.2, 0) is 6.42 Å². The highest BCUT2D eigenvalue weighted by Crippen LogP contribution is 2.24. The molecule has 24 heavy (non-hydrogen) atoms. The molecule has 0 spiro atoms. The molecule has 0 radical (unpaired) electrons. The molecule has 1 saturated heterocycles. The summed E-state index contributed by atoms with van der Waals surface area (Å²) < 4.78 is 0. The van der Waals surface area contributed by atoms with Crippen LogP contribution in [-0.4, -0.2) is 39.9 Å². The molecule has 0 aliphatic carbocycles. The van der Waals surface area contributed by atoms with E-state index in [0.29, 0.717) is 5.69 Å². The van der Waals surface area contributed by atoms with E-state index in [-0.39, 0.29) is 29.8 Å². The Morgan fingerprint density at radius 3 is 3.04 bits per heavy atom. The Balaban J connectivity index is 1.85. The van der Waals surface area contributed by atoms with Crippen molar-refractivity contribution < 1.29 is 4.79 Å². The number of nitrogens with two attached hydrogens (primary N) is 2. The summed E-state index contributed by atoms with van der Waals surface area (Å²) in [4.78, 5) is 27.3. The van der Waals surface area contributed by atoms with Crippen molar-refractivity contribution in [2.24, 2.45) is 5.73 Å². The molecule has 0 amide bonds. The predicted octanol–water partition coefficient (Wildman–Crippen LogP) is 1.12. The van der Waals surface area contributed by atoms with Crippen LogP contribution in [0.2, 0.25) is 0 Å². The first-order valence-electron chi connectivity index (χ1n) is 8.10. The fourth-order valence-corrected chi connectivity index (χ4v) is 3.04. The zero-order valence-corrected chi connectivity index (χ0v) is 13.8. The summed E-state index contributed by atoms with van der Waals surface area (Å²) in [6.07, 6.45) is 7.30. The summed E-state index contributed by atoms with van der Waals surface area (Å²) in [6, 6.07) is 2.10. The lowest BCUT2D eigenvalue weighted by atomic mass is 10.0. The monoisotopic (exact) mass is 326 g/mol. The van der Waals surface area contributed by atoms with Crippen LogP contribution in [0.1, 0.15) is 34.6 Å². The molecule has 126 valence electrons. The van der Waals surface area contributed by atoms with Crippen molar-refractivity contribution in [3.63, 3.8) is 0 Å². The van der Waals surface area contributed by atoms with Gasteiger partial charge in [0, 0.05) is 49.2 Å². The van der Waals surface area contributed by atoms with Gasteiger partial charge >= 0.3 is 0 Å². The van der Waals surface area contributed by atoms with E-state index in [1.54, 1.807) is 25.5 Å². The van der Waals surface area contributed by atoms with Crippen molar-refractivity contribution in [2.75, 3.05) is 23.7 Å². The van der Waals surface area contributed by atoms with Gasteiger partial charge < -0.3 is 16.4 Å². The van der Waals surface area contributed by atoms with Crippen LogP contribution in [0, 0.1) is 6.92 Å². The van der Waals surface area contributed by atoms with Crippen LogP contribution in [0.3, 0.4) is 0 Å². The summed E-state index contributed by atoms with van der Waals surface area (Å²) >= 11 is 0. The van der Waals surface area contributed by atoms with Gasteiger partial charge in [-0.15, -0.1) is 0 Å². The molecule has 0 saturated carbocycles. The standard InChI is InChI=1S/C17H22N6O/c1-11-8-21-17(19)16(22-11)15(24)7-12-9-20-5-4-14(12)23-6-2-3-13(18)10-23/h4-5,8-9,13H,2-3,6-7,10,18H2,1H3,(H2,19,21). The number of pyridine rings is 1. The number of anilines is 2. The van der Waals surface area contributed by atoms with Gasteiger partial charge in [-0.2, -0.15) is 0 Å². The zero-order chi connectivity index (χ0) is 17.1. The highest BCUT2D eigenvalue weighted by atomic mass is 16.1. The molecule has 4 N–H and O–H groups in total. The molecule has 3 rings (SSSR count). The molecule has 1 aliphatic rings. The minimum Gasteiger partial charge on any atom is -0.382 e. The average Bonchev–Trinajstić information content (AvgIpc) is 2.57. The van der Waals surface area contributed by atoms with Crippen LogP contribution < -0.4 is 16.4 Å². The summed E-state index contributed by atoms with van der Waals surface area (Å²) in [5, 5.41) is 0. The van der Waals surface area contributed by atoms with Gasteiger partial charge in [0.05, 0.1) is 11.9 Å². The van der Waals surface area contributed by atoms with Crippen molar-refractivity contribution in [3.05, 3.63) is 41.6 Å². The van der Waals surface area contributed by atoms with Gasteiger partial charge in [0.25, 0.3) is 0 Å². The molecular weight excluding hydrogens is 304 g/mol. The van der Waals surface area contributed by atoms with Crippen LogP contribution in [0.15, 0.2) is 24.7 Å². The molecule has 1 fully saturated rings. The third-order valence-electron chi connectivity index (χ3n) is 4.21. The van der Waals surface area contributed by atoms with Crippen molar-refractivity contribution in [2.45, 2.75) is 32.2 Å². The molecule has 7 heteroatoms. The molecule has 1 unspecified atom stereocenters. The van der Waals surface area contributed by atoms with E-state index in [1.807, 2.05) is 6.07 Å². The second-order valence-corrected chi connectivity index (χ2v) is 6.20. The predicted molar refractivity (Wildman–Crippen MR) is 92.9 cm³/mol. The minimum atomic E-state index is -0.153. The van der Waals surface area contributed by atoms with Gasteiger partial charge in [0.2, 0.25) is 0 Å². The van der Waals surface area contributed by atoms with Crippen molar-refractivity contribution in [1.82, 2.24) is 15.0 Å². The maximum Gasteiger partial charge on any atom is 0.189 e. The maximum absolute atomic E-state index is 12.6. The van der Waals surface area contributed by atoms with Gasteiger partial charge in [-0.25, -0.2) is 9.97 Å². The van der Waals surface area contributed by atoms with Crippen molar-refractivity contribution in [3.8, 4) is 0 Å². The Hall–Kier alpha value is -2.54. The topological polar surface area (TPSA) is 111 Å². The lowest BCUT2D eigenvalue weighted by Crippen LogP contribution is -2.43. The number of hydrogen-bond donors (Lipinski definition) is 2.